The summed E-state index contributed by atoms with van der Waals surface area (Å²) < 4.78 is 0. The van der Waals surface area contributed by atoms with Crippen LogP contribution in [0.3, 0.4) is 0 Å². The SMILES string of the molecule is Cc1c(Cl)ccc2c(C(=O)N3CCN(c4ccc(Cl)cc4)CC3)cc(-c3ccccc3)nc12. The van der Waals surface area contributed by atoms with Crippen molar-refractivity contribution in [1.29, 1.82) is 0 Å². The summed E-state index contributed by atoms with van der Waals surface area (Å²) in [5.74, 6) is 0.0251. The molecule has 166 valence electrons. The molecule has 1 fully saturated rings. The largest absolute Gasteiger partial charge is 0.368 e. The minimum atomic E-state index is 0.0251. The van der Waals surface area contributed by atoms with Crippen molar-refractivity contribution in [2.45, 2.75) is 6.92 Å². The van der Waals surface area contributed by atoms with Crippen LogP contribution in [0.15, 0.2) is 72.8 Å². The maximum Gasteiger partial charge on any atom is 0.254 e. The third kappa shape index (κ3) is 4.29. The van der Waals surface area contributed by atoms with Crippen LogP contribution in [-0.4, -0.2) is 42.0 Å². The highest BCUT2D eigenvalue weighted by atomic mass is 35.5. The Hall–Kier alpha value is -3.08. The smallest absolute Gasteiger partial charge is 0.254 e. The van der Waals surface area contributed by atoms with Gasteiger partial charge >= 0.3 is 0 Å². The van der Waals surface area contributed by atoms with Gasteiger partial charge in [0.05, 0.1) is 16.8 Å². The molecule has 1 aliphatic heterocycles. The molecule has 0 saturated carbocycles. The average molecular weight is 476 g/mol. The van der Waals surface area contributed by atoms with Crippen LogP contribution in [0.25, 0.3) is 22.2 Å². The highest BCUT2D eigenvalue weighted by Crippen LogP contribution is 2.31. The number of rotatable bonds is 3. The fraction of sp³-hybridized carbons (Fsp3) is 0.185. The van der Waals surface area contributed by atoms with Gasteiger partial charge in [-0.25, -0.2) is 4.98 Å². The molecule has 0 unspecified atom stereocenters. The monoisotopic (exact) mass is 475 g/mol. The summed E-state index contributed by atoms with van der Waals surface area (Å²) >= 11 is 12.4. The van der Waals surface area contributed by atoms with E-state index >= 15 is 0 Å². The highest BCUT2D eigenvalue weighted by molar-refractivity contribution is 6.32. The average Bonchev–Trinajstić information content (AvgIpc) is 2.86. The number of pyridine rings is 1. The van der Waals surface area contributed by atoms with Crippen LogP contribution in [0, 0.1) is 6.92 Å². The molecule has 33 heavy (non-hydrogen) atoms. The second-order valence-corrected chi connectivity index (χ2v) is 9.09. The van der Waals surface area contributed by atoms with Gasteiger partial charge < -0.3 is 9.80 Å². The molecule has 0 atom stereocenters. The van der Waals surface area contributed by atoms with E-state index < -0.39 is 0 Å². The Morgan fingerprint density at radius 3 is 2.27 bits per heavy atom. The maximum atomic E-state index is 13.7. The number of anilines is 1. The minimum absolute atomic E-state index is 0.0251. The molecule has 4 nitrogen and oxygen atoms in total. The number of aromatic nitrogens is 1. The lowest BCUT2D eigenvalue weighted by atomic mass is 10.0. The number of aryl methyl sites for hydroxylation is 1. The quantitative estimate of drug-likeness (QED) is 0.340. The molecule has 2 heterocycles. The first-order valence-corrected chi connectivity index (χ1v) is 11.7. The predicted octanol–water partition coefficient (Wildman–Crippen LogP) is 6.48. The van der Waals surface area contributed by atoms with Gasteiger partial charge in [0.2, 0.25) is 0 Å². The van der Waals surface area contributed by atoms with E-state index in [1.54, 1.807) is 0 Å². The molecule has 3 aromatic carbocycles. The van der Waals surface area contributed by atoms with E-state index in [0.29, 0.717) is 23.7 Å². The van der Waals surface area contributed by atoms with Gasteiger partial charge in [0.25, 0.3) is 5.91 Å². The minimum Gasteiger partial charge on any atom is -0.368 e. The first-order valence-electron chi connectivity index (χ1n) is 11.0. The Kier molecular flexibility index (Phi) is 5.96. The molecule has 5 rings (SSSR count). The molecule has 1 aromatic heterocycles. The molecule has 0 bridgehead atoms. The standard InChI is InChI=1S/C27H23Cl2N3O/c1-18-24(29)12-11-22-23(17-25(30-26(18)22)19-5-3-2-4-6-19)27(33)32-15-13-31(14-16-32)21-9-7-20(28)8-10-21/h2-12,17H,13-16H2,1H3. The second kappa shape index (κ2) is 9.05. The number of hydrogen-bond acceptors (Lipinski definition) is 3. The molecule has 1 amide bonds. The first-order chi connectivity index (χ1) is 16.0. The van der Waals surface area contributed by atoms with E-state index in [0.717, 1.165) is 51.5 Å². The Bertz CT molecular complexity index is 1320. The third-order valence-corrected chi connectivity index (χ3v) is 6.89. The second-order valence-electron chi connectivity index (χ2n) is 8.25. The Labute approximate surface area is 203 Å². The number of piperazine rings is 1. The van der Waals surface area contributed by atoms with Crippen molar-refractivity contribution in [1.82, 2.24) is 9.88 Å². The van der Waals surface area contributed by atoms with Crippen LogP contribution in [-0.2, 0) is 0 Å². The normalized spacial score (nSPS) is 14.0. The number of carbonyl (C=O) groups is 1. The van der Waals surface area contributed by atoms with Crippen LogP contribution in [0.5, 0.6) is 0 Å². The fourth-order valence-electron chi connectivity index (χ4n) is 4.33. The number of halogens is 2. The molecule has 0 radical (unpaired) electrons. The summed E-state index contributed by atoms with van der Waals surface area (Å²) in [4.78, 5) is 22.8. The van der Waals surface area contributed by atoms with Crippen LogP contribution >= 0.6 is 23.2 Å². The van der Waals surface area contributed by atoms with Gasteiger partial charge in [-0.2, -0.15) is 0 Å². The molecular formula is C27H23Cl2N3O. The summed E-state index contributed by atoms with van der Waals surface area (Å²) in [6, 6.07) is 23.4. The van der Waals surface area contributed by atoms with Gasteiger partial charge in [-0.3, -0.25) is 4.79 Å². The maximum absolute atomic E-state index is 13.7. The van der Waals surface area contributed by atoms with E-state index in [1.165, 1.54) is 0 Å². The molecule has 4 aromatic rings. The summed E-state index contributed by atoms with van der Waals surface area (Å²) in [5, 5.41) is 2.21. The van der Waals surface area contributed by atoms with Gasteiger partial charge in [-0.1, -0.05) is 59.6 Å². The lowest BCUT2D eigenvalue weighted by molar-refractivity contribution is 0.0748. The van der Waals surface area contributed by atoms with Crippen molar-refractivity contribution in [3.05, 3.63) is 94.0 Å². The van der Waals surface area contributed by atoms with Crippen molar-refractivity contribution in [3.8, 4) is 11.3 Å². The van der Waals surface area contributed by atoms with Crippen LogP contribution in [0.4, 0.5) is 5.69 Å². The predicted molar refractivity (Wildman–Crippen MR) is 136 cm³/mol. The highest BCUT2D eigenvalue weighted by Gasteiger charge is 2.25. The third-order valence-electron chi connectivity index (χ3n) is 6.23. The lowest BCUT2D eigenvalue weighted by Crippen LogP contribution is -2.48. The molecule has 0 spiro atoms. The van der Waals surface area contributed by atoms with E-state index in [-0.39, 0.29) is 5.91 Å². The fourth-order valence-corrected chi connectivity index (χ4v) is 4.61. The van der Waals surface area contributed by atoms with Gasteiger partial charge in [0.1, 0.15) is 0 Å². The number of nitrogens with zero attached hydrogens (tertiary/aromatic N) is 3. The summed E-state index contributed by atoms with van der Waals surface area (Å²) in [6.45, 7) is 4.79. The van der Waals surface area contributed by atoms with E-state index in [1.807, 2.05) is 84.6 Å². The summed E-state index contributed by atoms with van der Waals surface area (Å²) in [5.41, 5.74) is 5.19. The molecule has 0 aliphatic carbocycles. The zero-order valence-electron chi connectivity index (χ0n) is 18.3. The molecule has 1 aliphatic rings. The van der Waals surface area contributed by atoms with Crippen molar-refractivity contribution in [2.75, 3.05) is 31.1 Å². The Balaban J connectivity index is 1.48. The van der Waals surface area contributed by atoms with Crippen LogP contribution in [0.2, 0.25) is 10.0 Å². The van der Waals surface area contributed by atoms with E-state index in [2.05, 4.69) is 4.90 Å². The van der Waals surface area contributed by atoms with E-state index in [4.69, 9.17) is 28.2 Å². The first kappa shape index (κ1) is 21.7. The Morgan fingerprint density at radius 1 is 0.879 bits per heavy atom. The van der Waals surface area contributed by atoms with Gasteiger partial charge in [0.15, 0.2) is 0 Å². The van der Waals surface area contributed by atoms with Crippen molar-refractivity contribution in [3.63, 3.8) is 0 Å². The number of carbonyl (C=O) groups excluding carboxylic acids is 1. The van der Waals surface area contributed by atoms with Gasteiger partial charge in [-0.15, -0.1) is 0 Å². The zero-order valence-corrected chi connectivity index (χ0v) is 19.8. The number of hydrogen-bond donors (Lipinski definition) is 0. The van der Waals surface area contributed by atoms with Gasteiger partial charge in [-0.05, 0) is 48.9 Å². The van der Waals surface area contributed by atoms with E-state index in [9.17, 15) is 4.79 Å². The molecular weight excluding hydrogens is 453 g/mol. The van der Waals surface area contributed by atoms with Crippen molar-refractivity contribution in [2.24, 2.45) is 0 Å². The summed E-state index contributed by atoms with van der Waals surface area (Å²) in [7, 11) is 0. The molecule has 6 heteroatoms. The lowest BCUT2D eigenvalue weighted by Gasteiger charge is -2.36. The molecule has 1 saturated heterocycles. The number of benzene rings is 3. The Morgan fingerprint density at radius 2 is 1.58 bits per heavy atom. The van der Waals surface area contributed by atoms with Crippen molar-refractivity contribution < 1.29 is 4.79 Å². The van der Waals surface area contributed by atoms with Gasteiger partial charge in [0, 0.05) is 52.9 Å². The topological polar surface area (TPSA) is 36.4 Å². The van der Waals surface area contributed by atoms with Crippen LogP contribution < -0.4 is 4.90 Å². The number of amides is 1. The summed E-state index contributed by atoms with van der Waals surface area (Å²) in [6.07, 6.45) is 0. The zero-order chi connectivity index (χ0) is 22.9. The molecule has 0 N–H and O–H groups in total. The van der Waals surface area contributed by atoms with Crippen LogP contribution in [0.1, 0.15) is 15.9 Å². The number of fused-ring (bicyclic) bond motifs is 1. The van der Waals surface area contributed by atoms with Crippen molar-refractivity contribution >= 4 is 45.7 Å².